The van der Waals surface area contributed by atoms with Crippen LogP contribution in [-0.4, -0.2) is 111 Å². The van der Waals surface area contributed by atoms with Crippen molar-refractivity contribution in [3.63, 3.8) is 0 Å². The van der Waals surface area contributed by atoms with Crippen molar-refractivity contribution < 1.29 is 37.8 Å². The van der Waals surface area contributed by atoms with Gasteiger partial charge in [-0.1, -0.05) is 35.9 Å². The lowest BCUT2D eigenvalue weighted by molar-refractivity contribution is -0.148. The van der Waals surface area contributed by atoms with E-state index < -0.39 is 39.6 Å². The molecular weight excluding hydrogens is 722 g/mol. The lowest BCUT2D eigenvalue weighted by Gasteiger charge is -2.48. The van der Waals surface area contributed by atoms with Gasteiger partial charge in [0.1, 0.15) is 12.4 Å². The third kappa shape index (κ3) is 9.17. The van der Waals surface area contributed by atoms with Gasteiger partial charge in [0.2, 0.25) is 11.8 Å². The van der Waals surface area contributed by atoms with Gasteiger partial charge >= 0.3 is 10.2 Å². The molecule has 1 fully saturated rings. The van der Waals surface area contributed by atoms with Crippen molar-refractivity contribution in [3.8, 4) is 5.75 Å². The molecule has 0 aromatic heterocycles. The second kappa shape index (κ2) is 16.4. The van der Waals surface area contributed by atoms with Crippen LogP contribution in [0.4, 0.5) is 5.69 Å². The molecule has 2 aromatic carbocycles. The first-order chi connectivity index (χ1) is 24.9. The van der Waals surface area contributed by atoms with Gasteiger partial charge < -0.3 is 29.6 Å². The molecular formula is C38H52ClN5O8S. The van der Waals surface area contributed by atoms with Crippen LogP contribution in [0, 0.1) is 11.8 Å². The van der Waals surface area contributed by atoms with E-state index in [0.29, 0.717) is 42.4 Å². The number of hydrogen-bond donors (Lipinski definition) is 3. The van der Waals surface area contributed by atoms with E-state index in [2.05, 4.69) is 4.90 Å². The number of amides is 3. The molecule has 53 heavy (non-hydrogen) atoms. The Morgan fingerprint density at radius 2 is 1.79 bits per heavy atom. The minimum atomic E-state index is -4.33. The van der Waals surface area contributed by atoms with Gasteiger partial charge in [-0.3, -0.25) is 14.4 Å². The Hall–Kier alpha value is -3.69. The molecule has 0 spiro atoms. The van der Waals surface area contributed by atoms with Crippen LogP contribution in [0.3, 0.4) is 0 Å². The van der Waals surface area contributed by atoms with Crippen molar-refractivity contribution in [2.75, 3.05) is 59.8 Å². The van der Waals surface area contributed by atoms with Gasteiger partial charge in [0, 0.05) is 59.9 Å². The van der Waals surface area contributed by atoms with E-state index >= 15 is 0 Å². The van der Waals surface area contributed by atoms with Crippen molar-refractivity contribution in [1.82, 2.24) is 18.8 Å². The molecule has 13 nitrogen and oxygen atoms in total. The topological polar surface area (TPSA) is 160 Å². The summed E-state index contributed by atoms with van der Waals surface area (Å²) >= 11 is 6.36. The number of nitrogens with zero attached hydrogens (tertiary/aromatic N) is 4. The molecule has 1 saturated carbocycles. The maximum atomic E-state index is 13.9. The smallest absolute Gasteiger partial charge is 0.303 e. The van der Waals surface area contributed by atoms with E-state index in [1.54, 1.807) is 38.4 Å². The van der Waals surface area contributed by atoms with Crippen molar-refractivity contribution in [1.29, 1.82) is 0 Å². The van der Waals surface area contributed by atoms with Crippen LogP contribution < -0.4 is 14.4 Å². The molecule has 3 N–H and O–H groups in total. The first-order valence-corrected chi connectivity index (χ1v) is 19.9. The minimum Gasteiger partial charge on any atom is -0.487 e. The van der Waals surface area contributed by atoms with E-state index in [-0.39, 0.29) is 42.9 Å². The third-order valence-corrected chi connectivity index (χ3v) is 12.5. The molecule has 5 rings (SSSR count). The largest absolute Gasteiger partial charge is 0.487 e. The first kappa shape index (κ1) is 40.5. The highest BCUT2D eigenvalue weighted by Gasteiger charge is 2.48. The molecule has 290 valence electrons. The Morgan fingerprint density at radius 3 is 2.47 bits per heavy atom. The zero-order chi connectivity index (χ0) is 38.7. The van der Waals surface area contributed by atoms with Crippen LogP contribution in [0.2, 0.25) is 5.02 Å². The molecule has 0 unspecified atom stereocenters. The molecule has 2 aliphatic heterocycles. The molecule has 2 bridgehead atoms. The van der Waals surface area contributed by atoms with Crippen LogP contribution in [0.1, 0.15) is 61.6 Å². The summed E-state index contributed by atoms with van der Waals surface area (Å²) in [6, 6.07) is 10.4. The summed E-state index contributed by atoms with van der Waals surface area (Å²) in [6.07, 6.45) is 6.81. The molecule has 2 heterocycles. The van der Waals surface area contributed by atoms with Gasteiger partial charge in [-0.15, -0.1) is 0 Å². The van der Waals surface area contributed by atoms with E-state index in [1.165, 1.54) is 37.0 Å². The molecule has 15 heteroatoms. The van der Waals surface area contributed by atoms with Crippen molar-refractivity contribution in [2.24, 2.45) is 11.8 Å². The fourth-order valence-corrected chi connectivity index (χ4v) is 8.06. The quantitative estimate of drug-likeness (QED) is 0.388. The Labute approximate surface area is 317 Å². The summed E-state index contributed by atoms with van der Waals surface area (Å²) in [5.74, 6) is -1.89. The van der Waals surface area contributed by atoms with Gasteiger partial charge in [0.15, 0.2) is 5.60 Å². The fourth-order valence-electron chi connectivity index (χ4n) is 7.28. The number of nitrogens with one attached hydrogen (secondary N) is 1. The number of aryl methyl sites for hydroxylation is 1. The highest BCUT2D eigenvalue weighted by Crippen LogP contribution is 2.46. The summed E-state index contributed by atoms with van der Waals surface area (Å²) < 4.78 is 34.9. The molecule has 4 atom stereocenters. The van der Waals surface area contributed by atoms with Crippen LogP contribution in [0.15, 0.2) is 48.6 Å². The second-order valence-electron chi connectivity index (χ2n) is 14.9. The third-order valence-electron chi connectivity index (χ3n) is 10.8. The Kier molecular flexibility index (Phi) is 12.5. The summed E-state index contributed by atoms with van der Waals surface area (Å²) in [6.45, 7) is 1.40. The van der Waals surface area contributed by atoms with Gasteiger partial charge in [-0.05, 0) is 91.3 Å². The average Bonchev–Trinajstić information content (AvgIpc) is 3.10. The number of carbonyl (C=O) groups is 3. The summed E-state index contributed by atoms with van der Waals surface area (Å²) in [5, 5.41) is 25.1. The van der Waals surface area contributed by atoms with Crippen LogP contribution in [-0.2, 0) is 43.2 Å². The lowest BCUT2D eigenvalue weighted by Crippen LogP contribution is -2.52. The highest BCUT2D eigenvalue weighted by atomic mass is 35.5. The minimum absolute atomic E-state index is 0.0188. The number of ether oxygens (including phenoxy) is 1. The maximum Gasteiger partial charge on any atom is 0.303 e. The van der Waals surface area contributed by atoms with E-state index in [1.807, 2.05) is 22.9 Å². The van der Waals surface area contributed by atoms with Crippen molar-refractivity contribution in [3.05, 3.63) is 70.3 Å². The molecule has 1 aliphatic carbocycles. The summed E-state index contributed by atoms with van der Waals surface area (Å²) in [7, 11) is 3.01. The molecule has 0 saturated heterocycles. The fraction of sp³-hybridized carbons (Fsp3) is 0.553. The predicted octanol–water partition coefficient (Wildman–Crippen LogP) is 3.22. The van der Waals surface area contributed by atoms with Crippen LogP contribution >= 0.6 is 11.6 Å². The number of fused-ring (bicyclic) bond motifs is 3. The molecule has 0 radical (unpaired) electrons. The monoisotopic (exact) mass is 773 g/mol. The Balaban J connectivity index is 1.65. The van der Waals surface area contributed by atoms with Crippen LogP contribution in [0.5, 0.6) is 5.75 Å². The van der Waals surface area contributed by atoms with Crippen LogP contribution in [0.25, 0.3) is 0 Å². The number of hydrogen-bond acceptors (Lipinski definition) is 9. The Bertz CT molecular complexity index is 1840. The number of aliphatic hydroxyl groups is 2. The normalized spacial score (nSPS) is 26.2. The second-order valence-corrected chi connectivity index (χ2v) is 17.3. The SMILES string of the molecule is CN(C)C(=O)C[C@@]1(O)/C=C/CCN(C)C(=O)C[C@](O)(C(=O)NS(=O)(=O)N(C)C)c2ccc3c(c2)N(CCCCc2cc(Cl)ccc2CO3)C[C@@H]2CC[C@H]21. The molecule has 2 aromatic rings. The maximum absolute atomic E-state index is 13.9. The van der Waals surface area contributed by atoms with E-state index in [9.17, 15) is 33.0 Å². The number of halogens is 1. The molecule has 3 amide bonds. The van der Waals surface area contributed by atoms with Gasteiger partial charge in [0.05, 0.1) is 24.1 Å². The lowest BCUT2D eigenvalue weighted by atomic mass is 9.63. The zero-order valence-electron chi connectivity index (χ0n) is 31.2. The number of anilines is 1. The average molecular weight is 774 g/mol. The van der Waals surface area contributed by atoms with E-state index in [0.717, 1.165) is 41.1 Å². The van der Waals surface area contributed by atoms with Gasteiger partial charge in [0.25, 0.3) is 5.91 Å². The summed E-state index contributed by atoms with van der Waals surface area (Å²) in [5.41, 5.74) is -1.40. The molecule has 3 aliphatic rings. The number of rotatable bonds is 5. The zero-order valence-corrected chi connectivity index (χ0v) is 32.8. The standard InChI is InChI=1S/C38H52ClN5O8S/c1-41(2)34(45)22-37(48)17-7-9-18-43(5)35(46)23-38(49,36(47)40-53(50,51)42(3)4)29-13-16-33-32(21-29)44(24-27-12-15-31(27)37)19-8-6-10-26-20-30(39)14-11-28(26)25-52-33/h7,11,13-14,16-17,20-21,27,31,48-49H,6,8-10,12,15,18-19,22-25H2,1-5H3,(H,40,47)/b17-7+/t27-,31+,37-,38+/m0/s1. The van der Waals surface area contributed by atoms with Crippen molar-refractivity contribution >= 4 is 45.2 Å². The predicted molar refractivity (Wildman–Crippen MR) is 203 cm³/mol. The summed E-state index contributed by atoms with van der Waals surface area (Å²) in [4.78, 5) is 45.5. The van der Waals surface area contributed by atoms with E-state index in [4.69, 9.17) is 16.3 Å². The number of benzene rings is 2. The first-order valence-electron chi connectivity index (χ1n) is 18.0. The highest BCUT2D eigenvalue weighted by molar-refractivity contribution is 7.87. The number of carbonyl (C=O) groups excluding carboxylic acids is 3. The van der Waals surface area contributed by atoms with Gasteiger partial charge in [-0.2, -0.15) is 12.7 Å². The Morgan fingerprint density at radius 1 is 1.04 bits per heavy atom. The van der Waals surface area contributed by atoms with Crippen molar-refractivity contribution in [2.45, 2.75) is 69.2 Å². The van der Waals surface area contributed by atoms with Gasteiger partial charge in [-0.25, -0.2) is 4.72 Å².